The highest BCUT2D eigenvalue weighted by molar-refractivity contribution is 5.96. The Morgan fingerprint density at radius 1 is 1.14 bits per heavy atom. The van der Waals surface area contributed by atoms with Crippen LogP contribution in [0.5, 0.6) is 0 Å². The Bertz CT molecular complexity index is 649. The van der Waals surface area contributed by atoms with E-state index < -0.39 is 17.9 Å². The summed E-state index contributed by atoms with van der Waals surface area (Å²) in [7, 11) is 0. The van der Waals surface area contributed by atoms with Crippen molar-refractivity contribution in [3.63, 3.8) is 0 Å². The molecular weight excluding hydrogens is 272 g/mol. The van der Waals surface area contributed by atoms with Crippen LogP contribution in [0.25, 0.3) is 0 Å². The highest BCUT2D eigenvalue weighted by Gasteiger charge is 2.19. The predicted octanol–water partition coefficient (Wildman–Crippen LogP) is 1.39. The predicted molar refractivity (Wildman–Crippen MR) is 75.2 cm³/mol. The van der Waals surface area contributed by atoms with Gasteiger partial charge in [0.1, 0.15) is 11.5 Å². The van der Waals surface area contributed by atoms with Crippen molar-refractivity contribution in [3.05, 3.63) is 59.0 Å². The first-order valence-electron chi connectivity index (χ1n) is 6.39. The van der Waals surface area contributed by atoms with E-state index in [0.29, 0.717) is 22.6 Å². The van der Waals surface area contributed by atoms with Gasteiger partial charge in [0.05, 0.1) is 5.56 Å². The minimum atomic E-state index is -1.35. The van der Waals surface area contributed by atoms with Gasteiger partial charge in [-0.15, -0.1) is 0 Å². The molecule has 1 atom stereocenters. The number of aliphatic hydroxyl groups is 1. The monoisotopic (exact) mass is 288 g/mol. The number of amides is 2. The van der Waals surface area contributed by atoms with E-state index in [1.165, 1.54) is 0 Å². The smallest absolute Gasteiger partial charge is 0.273 e. The van der Waals surface area contributed by atoms with Gasteiger partial charge in [0.25, 0.3) is 11.8 Å². The molecule has 0 aliphatic rings. The van der Waals surface area contributed by atoms with Crippen LogP contribution in [-0.2, 0) is 4.79 Å². The number of aliphatic hydroxyl groups excluding tert-OH is 1. The molecule has 1 aromatic carbocycles. The highest BCUT2D eigenvalue weighted by Crippen LogP contribution is 2.13. The standard InChI is InChI=1S/C15H16N2O4/c1-9-8-12(10(2)21-9)14(19)16-17-15(20)13(18)11-6-4-3-5-7-11/h3-8,13,18H,1-2H3,(H,16,19)(H,17,20). The van der Waals surface area contributed by atoms with Crippen LogP contribution in [0, 0.1) is 13.8 Å². The summed E-state index contributed by atoms with van der Waals surface area (Å²) in [6.45, 7) is 3.38. The fourth-order valence-corrected chi connectivity index (χ4v) is 1.90. The van der Waals surface area contributed by atoms with Crippen molar-refractivity contribution < 1.29 is 19.1 Å². The Morgan fingerprint density at radius 3 is 2.38 bits per heavy atom. The van der Waals surface area contributed by atoms with Gasteiger partial charge in [0, 0.05) is 0 Å². The molecule has 0 aliphatic carbocycles. The lowest BCUT2D eigenvalue weighted by atomic mass is 10.1. The Hall–Kier alpha value is -2.60. The van der Waals surface area contributed by atoms with Gasteiger partial charge in [0.15, 0.2) is 6.10 Å². The number of rotatable bonds is 3. The van der Waals surface area contributed by atoms with Gasteiger partial charge in [-0.2, -0.15) is 0 Å². The molecule has 0 saturated heterocycles. The second kappa shape index (κ2) is 6.23. The minimum Gasteiger partial charge on any atom is -0.466 e. The van der Waals surface area contributed by atoms with Crippen molar-refractivity contribution in [1.29, 1.82) is 0 Å². The maximum Gasteiger partial charge on any atom is 0.273 e. The van der Waals surface area contributed by atoms with Crippen molar-refractivity contribution >= 4 is 11.8 Å². The molecule has 0 spiro atoms. The molecule has 0 radical (unpaired) electrons. The summed E-state index contributed by atoms with van der Waals surface area (Å²) in [4.78, 5) is 23.6. The maximum absolute atomic E-state index is 11.9. The van der Waals surface area contributed by atoms with Crippen LogP contribution in [-0.4, -0.2) is 16.9 Å². The number of carbonyl (C=O) groups excluding carboxylic acids is 2. The third-order valence-corrected chi connectivity index (χ3v) is 2.95. The quantitative estimate of drug-likeness (QED) is 0.744. The first kappa shape index (κ1) is 14.8. The number of nitrogens with one attached hydrogen (secondary N) is 2. The molecule has 110 valence electrons. The van der Waals surface area contributed by atoms with E-state index >= 15 is 0 Å². The summed E-state index contributed by atoms with van der Waals surface area (Å²) < 4.78 is 5.24. The van der Waals surface area contributed by atoms with Gasteiger partial charge >= 0.3 is 0 Å². The number of hydrogen-bond acceptors (Lipinski definition) is 4. The van der Waals surface area contributed by atoms with Crippen LogP contribution in [0.3, 0.4) is 0 Å². The largest absolute Gasteiger partial charge is 0.466 e. The molecule has 1 heterocycles. The molecule has 1 unspecified atom stereocenters. The molecular formula is C15H16N2O4. The van der Waals surface area contributed by atoms with Crippen LogP contribution in [0.1, 0.15) is 33.5 Å². The number of hydrazine groups is 1. The molecule has 2 aromatic rings. The molecule has 2 rings (SSSR count). The van der Waals surface area contributed by atoms with E-state index in [2.05, 4.69) is 10.9 Å². The molecule has 6 heteroatoms. The van der Waals surface area contributed by atoms with Gasteiger partial charge in [0.2, 0.25) is 0 Å². The van der Waals surface area contributed by atoms with Crippen LogP contribution in [0.4, 0.5) is 0 Å². The maximum atomic E-state index is 11.9. The molecule has 0 bridgehead atoms. The molecule has 1 aromatic heterocycles. The third kappa shape index (κ3) is 3.49. The first-order chi connectivity index (χ1) is 9.99. The van der Waals surface area contributed by atoms with Gasteiger partial charge < -0.3 is 9.52 Å². The average molecular weight is 288 g/mol. The zero-order valence-electron chi connectivity index (χ0n) is 11.7. The van der Waals surface area contributed by atoms with E-state index in [1.54, 1.807) is 50.2 Å². The minimum absolute atomic E-state index is 0.335. The summed E-state index contributed by atoms with van der Waals surface area (Å²) in [5.41, 5.74) is 5.21. The molecule has 0 fully saturated rings. The lowest BCUT2D eigenvalue weighted by molar-refractivity contribution is -0.130. The van der Waals surface area contributed by atoms with E-state index in [9.17, 15) is 14.7 Å². The van der Waals surface area contributed by atoms with Gasteiger partial charge in [-0.25, -0.2) is 0 Å². The number of aryl methyl sites for hydroxylation is 2. The highest BCUT2D eigenvalue weighted by atomic mass is 16.3. The fraction of sp³-hybridized carbons (Fsp3) is 0.200. The van der Waals surface area contributed by atoms with Gasteiger partial charge in [-0.3, -0.25) is 20.4 Å². The lowest BCUT2D eigenvalue weighted by Gasteiger charge is -2.12. The van der Waals surface area contributed by atoms with E-state index in [4.69, 9.17) is 4.42 Å². The first-order valence-corrected chi connectivity index (χ1v) is 6.39. The SMILES string of the molecule is Cc1cc(C(=O)NNC(=O)C(O)c2ccccc2)c(C)o1. The Balaban J connectivity index is 1.95. The summed E-state index contributed by atoms with van der Waals surface area (Å²) in [6, 6.07) is 10.0. The Labute approximate surface area is 121 Å². The molecule has 3 N–H and O–H groups in total. The molecule has 0 saturated carbocycles. The zero-order chi connectivity index (χ0) is 15.4. The Kier molecular flexibility index (Phi) is 4.39. The summed E-state index contributed by atoms with van der Waals surface area (Å²) in [5.74, 6) is -0.151. The molecule has 21 heavy (non-hydrogen) atoms. The summed E-state index contributed by atoms with van der Waals surface area (Å²) >= 11 is 0. The van der Waals surface area contributed by atoms with Crippen LogP contribution in [0.2, 0.25) is 0 Å². The van der Waals surface area contributed by atoms with Crippen LogP contribution >= 0.6 is 0 Å². The normalized spacial score (nSPS) is 11.8. The second-order valence-electron chi connectivity index (χ2n) is 4.58. The topological polar surface area (TPSA) is 91.6 Å². The number of benzene rings is 1. The molecule has 0 aliphatic heterocycles. The number of hydrogen-bond donors (Lipinski definition) is 3. The summed E-state index contributed by atoms with van der Waals surface area (Å²) in [6.07, 6.45) is -1.35. The number of carbonyl (C=O) groups is 2. The number of furan rings is 1. The van der Waals surface area contributed by atoms with Crippen molar-refractivity contribution in [2.45, 2.75) is 20.0 Å². The fourth-order valence-electron chi connectivity index (χ4n) is 1.90. The van der Waals surface area contributed by atoms with E-state index in [1.807, 2.05) is 0 Å². The Morgan fingerprint density at radius 2 is 1.81 bits per heavy atom. The average Bonchev–Trinajstić information content (AvgIpc) is 2.83. The van der Waals surface area contributed by atoms with Crippen LogP contribution < -0.4 is 10.9 Å². The lowest BCUT2D eigenvalue weighted by Crippen LogP contribution is -2.44. The van der Waals surface area contributed by atoms with Crippen molar-refractivity contribution in [1.82, 2.24) is 10.9 Å². The zero-order valence-corrected chi connectivity index (χ0v) is 11.7. The van der Waals surface area contributed by atoms with E-state index in [-0.39, 0.29) is 0 Å². The summed E-state index contributed by atoms with van der Waals surface area (Å²) in [5, 5.41) is 9.85. The van der Waals surface area contributed by atoms with Crippen molar-refractivity contribution in [3.8, 4) is 0 Å². The van der Waals surface area contributed by atoms with E-state index in [0.717, 1.165) is 0 Å². The van der Waals surface area contributed by atoms with Gasteiger partial charge in [-0.1, -0.05) is 30.3 Å². The molecule has 2 amide bonds. The van der Waals surface area contributed by atoms with Crippen molar-refractivity contribution in [2.24, 2.45) is 0 Å². The molecule has 6 nitrogen and oxygen atoms in total. The third-order valence-electron chi connectivity index (χ3n) is 2.95. The van der Waals surface area contributed by atoms with Gasteiger partial charge in [-0.05, 0) is 25.5 Å². The second-order valence-corrected chi connectivity index (χ2v) is 4.58. The van der Waals surface area contributed by atoms with Crippen LogP contribution in [0.15, 0.2) is 40.8 Å². The van der Waals surface area contributed by atoms with Crippen molar-refractivity contribution in [2.75, 3.05) is 0 Å².